The predicted molar refractivity (Wildman–Crippen MR) is 42.0 cm³/mol. The summed E-state index contributed by atoms with van der Waals surface area (Å²) < 4.78 is 26.4. The van der Waals surface area contributed by atoms with Crippen LogP contribution in [0.2, 0.25) is 0 Å². The van der Waals surface area contributed by atoms with Crippen LogP contribution in [-0.2, 0) is 14.6 Å². The quantitative estimate of drug-likeness (QED) is 0.562. The molecule has 0 amide bonds. The number of nitrogens with two attached hydrogens (primary N) is 1. The molecule has 0 bridgehead atoms. The number of hydrogen-bond acceptors (Lipinski definition) is 4. The second kappa shape index (κ2) is 3.51. The number of rotatable bonds is 4. The van der Waals surface area contributed by atoms with Crippen LogP contribution >= 0.6 is 0 Å². The first-order valence-electron chi connectivity index (χ1n) is 3.62. The van der Waals surface area contributed by atoms with Gasteiger partial charge in [-0.05, 0) is 0 Å². The first-order chi connectivity index (χ1) is 5.14. The first-order valence-corrected chi connectivity index (χ1v) is 5.44. The highest BCUT2D eigenvalue weighted by Crippen LogP contribution is 2.17. The van der Waals surface area contributed by atoms with E-state index in [1.165, 1.54) is 0 Å². The summed E-state index contributed by atoms with van der Waals surface area (Å²) in [7, 11) is -2.68. The van der Waals surface area contributed by atoms with Gasteiger partial charge in [0.05, 0.1) is 24.7 Å². The highest BCUT2D eigenvalue weighted by atomic mass is 32.2. The Hall–Kier alpha value is -0.130. The molecule has 1 rings (SSSR count). The summed E-state index contributed by atoms with van der Waals surface area (Å²) in [5.41, 5.74) is 5.18. The maximum absolute atomic E-state index is 10.6. The van der Waals surface area contributed by atoms with Gasteiger partial charge in [0.1, 0.15) is 0 Å². The summed E-state index contributed by atoms with van der Waals surface area (Å²) in [4.78, 5) is 0. The molecule has 0 saturated carbocycles. The Kier molecular flexibility index (Phi) is 2.86. The molecule has 0 aromatic rings. The van der Waals surface area contributed by atoms with Crippen LogP contribution in [0.5, 0.6) is 0 Å². The van der Waals surface area contributed by atoms with Gasteiger partial charge in [-0.25, -0.2) is 8.42 Å². The molecule has 0 aliphatic carbocycles. The van der Waals surface area contributed by atoms with E-state index in [1.54, 1.807) is 0 Å². The zero-order valence-electron chi connectivity index (χ0n) is 6.32. The lowest BCUT2D eigenvalue weighted by Crippen LogP contribution is -2.39. The zero-order chi connectivity index (χ0) is 8.32. The van der Waals surface area contributed by atoms with E-state index in [1.807, 2.05) is 0 Å². The van der Waals surface area contributed by atoms with E-state index in [9.17, 15) is 8.42 Å². The third-order valence-corrected chi connectivity index (χ3v) is 3.55. The second-order valence-corrected chi connectivity index (χ2v) is 4.96. The lowest BCUT2D eigenvalue weighted by atomic mass is 10.2. The minimum Gasteiger partial charge on any atom is -0.380 e. The van der Waals surface area contributed by atoms with Gasteiger partial charge in [0.25, 0.3) is 0 Å². The van der Waals surface area contributed by atoms with Crippen LogP contribution in [-0.4, -0.2) is 39.7 Å². The fourth-order valence-electron chi connectivity index (χ4n) is 1.10. The van der Waals surface area contributed by atoms with E-state index in [-0.39, 0.29) is 17.4 Å². The monoisotopic (exact) mass is 179 g/mol. The SMILES string of the molecule is NCCOCC1CS(=O)(=O)C1. The molecule has 66 valence electrons. The Balaban J connectivity index is 2.05. The Morgan fingerprint density at radius 3 is 2.55 bits per heavy atom. The van der Waals surface area contributed by atoms with E-state index >= 15 is 0 Å². The number of hydrogen-bond donors (Lipinski definition) is 1. The van der Waals surface area contributed by atoms with Crippen molar-refractivity contribution in [2.75, 3.05) is 31.3 Å². The van der Waals surface area contributed by atoms with Crippen LogP contribution in [0.4, 0.5) is 0 Å². The maximum Gasteiger partial charge on any atom is 0.151 e. The van der Waals surface area contributed by atoms with Crippen LogP contribution in [0, 0.1) is 5.92 Å². The minimum atomic E-state index is -2.68. The fraction of sp³-hybridized carbons (Fsp3) is 1.00. The molecule has 4 nitrogen and oxygen atoms in total. The summed E-state index contributed by atoms with van der Waals surface area (Å²) in [6.07, 6.45) is 0. The van der Waals surface area contributed by atoms with Gasteiger partial charge in [-0.1, -0.05) is 0 Å². The van der Waals surface area contributed by atoms with Gasteiger partial charge >= 0.3 is 0 Å². The molecule has 11 heavy (non-hydrogen) atoms. The summed E-state index contributed by atoms with van der Waals surface area (Å²) in [6.45, 7) is 1.56. The van der Waals surface area contributed by atoms with Gasteiger partial charge < -0.3 is 10.5 Å². The smallest absolute Gasteiger partial charge is 0.151 e. The van der Waals surface area contributed by atoms with Gasteiger partial charge in [0.15, 0.2) is 9.84 Å². The molecule has 1 fully saturated rings. The maximum atomic E-state index is 10.6. The molecule has 1 aliphatic rings. The topological polar surface area (TPSA) is 69.4 Å². The van der Waals surface area contributed by atoms with Crippen molar-refractivity contribution >= 4 is 9.84 Å². The summed E-state index contributed by atoms with van der Waals surface area (Å²) in [5, 5.41) is 0. The van der Waals surface area contributed by atoms with Crippen LogP contribution in [0.15, 0.2) is 0 Å². The molecule has 1 saturated heterocycles. The standard InChI is InChI=1S/C6H13NO3S/c7-1-2-10-3-6-4-11(8,9)5-6/h6H,1-5,7H2. The zero-order valence-corrected chi connectivity index (χ0v) is 7.14. The molecular weight excluding hydrogens is 166 g/mol. The summed E-state index contributed by atoms with van der Waals surface area (Å²) >= 11 is 0. The molecule has 5 heteroatoms. The van der Waals surface area contributed by atoms with Crippen molar-refractivity contribution < 1.29 is 13.2 Å². The molecule has 0 spiro atoms. The highest BCUT2D eigenvalue weighted by Gasteiger charge is 2.32. The number of sulfone groups is 1. The fourth-order valence-corrected chi connectivity index (χ4v) is 2.63. The van der Waals surface area contributed by atoms with Crippen molar-refractivity contribution in [1.29, 1.82) is 0 Å². The van der Waals surface area contributed by atoms with E-state index in [4.69, 9.17) is 10.5 Å². The lowest BCUT2D eigenvalue weighted by Gasteiger charge is -2.24. The van der Waals surface area contributed by atoms with Gasteiger partial charge in [-0.15, -0.1) is 0 Å². The summed E-state index contributed by atoms with van der Waals surface area (Å²) in [5.74, 6) is 0.793. The highest BCUT2D eigenvalue weighted by molar-refractivity contribution is 7.92. The van der Waals surface area contributed by atoms with E-state index in [0.29, 0.717) is 19.8 Å². The van der Waals surface area contributed by atoms with Crippen LogP contribution in [0.25, 0.3) is 0 Å². The van der Waals surface area contributed by atoms with E-state index in [0.717, 1.165) is 0 Å². The normalized spacial score (nSPS) is 23.0. The summed E-state index contributed by atoms with van der Waals surface area (Å²) in [6, 6.07) is 0. The van der Waals surface area contributed by atoms with Crippen molar-refractivity contribution in [3.8, 4) is 0 Å². The molecule has 0 unspecified atom stereocenters. The lowest BCUT2D eigenvalue weighted by molar-refractivity contribution is 0.114. The molecular formula is C6H13NO3S. The second-order valence-electron chi connectivity index (χ2n) is 2.81. The van der Waals surface area contributed by atoms with E-state index in [2.05, 4.69) is 0 Å². The molecule has 1 heterocycles. The molecule has 0 aromatic heterocycles. The molecule has 0 atom stereocenters. The largest absolute Gasteiger partial charge is 0.380 e. The Morgan fingerprint density at radius 2 is 2.09 bits per heavy atom. The Labute approximate surface area is 66.6 Å². The van der Waals surface area contributed by atoms with Gasteiger partial charge in [-0.2, -0.15) is 0 Å². The van der Waals surface area contributed by atoms with Gasteiger partial charge in [0, 0.05) is 12.5 Å². The Morgan fingerprint density at radius 1 is 1.45 bits per heavy atom. The average Bonchev–Trinajstić information content (AvgIpc) is 1.84. The number of ether oxygens (including phenoxy) is 1. The molecule has 2 N–H and O–H groups in total. The average molecular weight is 179 g/mol. The molecule has 0 aromatic carbocycles. The van der Waals surface area contributed by atoms with Crippen LogP contribution < -0.4 is 5.73 Å². The van der Waals surface area contributed by atoms with Crippen molar-refractivity contribution in [2.45, 2.75) is 0 Å². The molecule has 1 aliphatic heterocycles. The van der Waals surface area contributed by atoms with Crippen LogP contribution in [0.1, 0.15) is 0 Å². The van der Waals surface area contributed by atoms with Crippen molar-refractivity contribution in [3.63, 3.8) is 0 Å². The van der Waals surface area contributed by atoms with Gasteiger partial charge in [-0.3, -0.25) is 0 Å². The van der Waals surface area contributed by atoms with Crippen molar-refractivity contribution in [3.05, 3.63) is 0 Å². The van der Waals surface area contributed by atoms with Crippen molar-refractivity contribution in [1.82, 2.24) is 0 Å². The minimum absolute atomic E-state index is 0.214. The first kappa shape index (κ1) is 8.96. The van der Waals surface area contributed by atoms with Crippen molar-refractivity contribution in [2.24, 2.45) is 11.7 Å². The van der Waals surface area contributed by atoms with Crippen LogP contribution in [0.3, 0.4) is 0 Å². The molecule has 0 radical (unpaired) electrons. The van der Waals surface area contributed by atoms with E-state index < -0.39 is 9.84 Å². The predicted octanol–water partition coefficient (Wildman–Crippen LogP) is -0.994. The van der Waals surface area contributed by atoms with Gasteiger partial charge in [0.2, 0.25) is 0 Å². The third kappa shape index (κ3) is 2.76. The third-order valence-electron chi connectivity index (χ3n) is 1.60. The Bertz CT molecular complexity index is 200.